The van der Waals surface area contributed by atoms with Crippen LogP contribution in [0.2, 0.25) is 5.15 Å². The van der Waals surface area contributed by atoms with Gasteiger partial charge in [0.1, 0.15) is 10.8 Å². The van der Waals surface area contributed by atoms with Crippen LogP contribution in [0, 0.1) is 11.8 Å². The first-order valence-corrected chi connectivity index (χ1v) is 9.47. The predicted octanol–water partition coefficient (Wildman–Crippen LogP) is 5.43. The van der Waals surface area contributed by atoms with Gasteiger partial charge in [0.25, 0.3) is 5.91 Å². The summed E-state index contributed by atoms with van der Waals surface area (Å²) in [4.78, 5) is 16.6. The molecule has 3 aromatic rings. The molecule has 0 aliphatic rings. The van der Waals surface area contributed by atoms with Gasteiger partial charge < -0.3 is 10.1 Å². The third-order valence-electron chi connectivity index (χ3n) is 4.39. The number of methoxy groups -OCH3 is 1. The zero-order chi connectivity index (χ0) is 20.9. The van der Waals surface area contributed by atoms with Crippen LogP contribution in [0.25, 0.3) is 11.1 Å². The van der Waals surface area contributed by atoms with E-state index in [-0.39, 0.29) is 11.1 Å². The smallest absolute Gasteiger partial charge is 0.258 e. The summed E-state index contributed by atoms with van der Waals surface area (Å²) in [5.41, 5.74) is 3.28. The summed E-state index contributed by atoms with van der Waals surface area (Å²) in [5, 5.41) is 3.10. The average Bonchev–Trinajstić information content (AvgIpc) is 2.73. The van der Waals surface area contributed by atoms with Crippen LogP contribution < -0.4 is 5.32 Å². The van der Waals surface area contributed by atoms with Gasteiger partial charge in [-0.3, -0.25) is 4.79 Å². The number of anilines is 1. The number of ether oxygens (including phenoxy) is 1. The number of hydrogen-bond acceptors (Lipinski definition) is 3. The lowest BCUT2D eigenvalue weighted by molar-refractivity contribution is 0.0741. The molecule has 0 unspecified atom stereocenters. The molecule has 4 nitrogen and oxygen atoms in total. The Morgan fingerprint density at radius 1 is 1.07 bits per heavy atom. The zero-order valence-electron chi connectivity index (χ0n) is 16.5. The predicted molar refractivity (Wildman–Crippen MR) is 117 cm³/mol. The molecule has 1 amide bonds. The van der Waals surface area contributed by atoms with Gasteiger partial charge in [0.15, 0.2) is 0 Å². The summed E-state index contributed by atoms with van der Waals surface area (Å²) in [6, 6.07) is 18.8. The number of hydrogen-bond donors (Lipinski definition) is 1. The van der Waals surface area contributed by atoms with Crippen molar-refractivity contribution in [2.45, 2.75) is 19.4 Å². The van der Waals surface area contributed by atoms with Crippen molar-refractivity contribution in [2.24, 2.45) is 0 Å². The summed E-state index contributed by atoms with van der Waals surface area (Å²) in [5.74, 6) is 5.91. The molecule has 146 valence electrons. The molecule has 0 saturated heterocycles. The molecular formula is C24H21ClN2O2. The number of amides is 1. The molecule has 0 atom stereocenters. The molecule has 0 saturated carbocycles. The maximum atomic E-state index is 12.6. The quantitative estimate of drug-likeness (QED) is 0.466. The third-order valence-corrected chi connectivity index (χ3v) is 4.69. The molecule has 0 bridgehead atoms. The minimum atomic E-state index is -0.497. The molecule has 0 radical (unpaired) electrons. The Labute approximate surface area is 175 Å². The summed E-state index contributed by atoms with van der Waals surface area (Å²) < 4.78 is 5.32. The molecule has 2 aromatic carbocycles. The molecule has 1 heterocycles. The Hall–Kier alpha value is -3.13. The number of carbonyl (C=O) groups excluding carboxylic acids is 1. The van der Waals surface area contributed by atoms with Gasteiger partial charge in [-0.25, -0.2) is 4.98 Å². The Bertz CT molecular complexity index is 1080. The normalized spacial score (nSPS) is 10.8. The number of carbonyl (C=O) groups is 1. The summed E-state index contributed by atoms with van der Waals surface area (Å²) in [6.45, 7) is 3.84. The molecule has 29 heavy (non-hydrogen) atoms. The Kier molecular flexibility index (Phi) is 6.33. The molecule has 0 aliphatic carbocycles. The van der Waals surface area contributed by atoms with Gasteiger partial charge in [-0.05, 0) is 49.7 Å². The minimum absolute atomic E-state index is 0.171. The van der Waals surface area contributed by atoms with Crippen molar-refractivity contribution in [3.8, 4) is 23.0 Å². The van der Waals surface area contributed by atoms with E-state index in [4.69, 9.17) is 16.3 Å². The number of para-hydroxylation sites is 1. The summed E-state index contributed by atoms with van der Waals surface area (Å²) in [7, 11) is 1.64. The van der Waals surface area contributed by atoms with Gasteiger partial charge in [0.05, 0.1) is 5.56 Å². The van der Waals surface area contributed by atoms with Crippen LogP contribution in [0.3, 0.4) is 0 Å². The summed E-state index contributed by atoms with van der Waals surface area (Å²) >= 11 is 6.04. The molecule has 1 aromatic heterocycles. The van der Waals surface area contributed by atoms with E-state index in [2.05, 4.69) is 22.1 Å². The van der Waals surface area contributed by atoms with Crippen molar-refractivity contribution < 1.29 is 9.53 Å². The molecule has 0 aliphatic heterocycles. The van der Waals surface area contributed by atoms with Crippen LogP contribution in [0.1, 0.15) is 29.8 Å². The highest BCUT2D eigenvalue weighted by Crippen LogP contribution is 2.29. The van der Waals surface area contributed by atoms with Gasteiger partial charge in [0, 0.05) is 30.1 Å². The van der Waals surface area contributed by atoms with Gasteiger partial charge in [-0.15, -0.1) is 0 Å². The maximum absolute atomic E-state index is 12.6. The van der Waals surface area contributed by atoms with E-state index in [1.165, 1.54) is 0 Å². The lowest BCUT2D eigenvalue weighted by Gasteiger charge is -2.14. The number of nitrogens with one attached hydrogen (secondary N) is 1. The van der Waals surface area contributed by atoms with E-state index < -0.39 is 5.60 Å². The second-order valence-electron chi connectivity index (χ2n) is 6.88. The zero-order valence-corrected chi connectivity index (χ0v) is 17.2. The number of benzene rings is 2. The van der Waals surface area contributed by atoms with Crippen molar-refractivity contribution in [3.05, 3.63) is 83.1 Å². The van der Waals surface area contributed by atoms with Crippen LogP contribution in [-0.4, -0.2) is 23.6 Å². The van der Waals surface area contributed by atoms with Crippen LogP contribution >= 0.6 is 11.6 Å². The first-order chi connectivity index (χ1) is 13.9. The Morgan fingerprint density at radius 3 is 2.48 bits per heavy atom. The van der Waals surface area contributed by atoms with Gasteiger partial charge in [-0.2, -0.15) is 0 Å². The second-order valence-corrected chi connectivity index (χ2v) is 7.24. The largest absolute Gasteiger partial charge is 0.366 e. The number of nitrogens with zero attached hydrogens (tertiary/aromatic N) is 1. The van der Waals surface area contributed by atoms with E-state index in [9.17, 15) is 4.79 Å². The first kappa shape index (κ1) is 20.6. The van der Waals surface area contributed by atoms with Crippen LogP contribution in [0.5, 0.6) is 0 Å². The lowest BCUT2D eigenvalue weighted by atomic mass is 10.0. The van der Waals surface area contributed by atoms with E-state index in [0.29, 0.717) is 11.3 Å². The molecule has 0 fully saturated rings. The minimum Gasteiger partial charge on any atom is -0.366 e. The fourth-order valence-corrected chi connectivity index (χ4v) is 2.80. The second kappa shape index (κ2) is 8.91. The highest BCUT2D eigenvalue weighted by molar-refractivity contribution is 6.33. The highest BCUT2D eigenvalue weighted by atomic mass is 35.5. The number of aromatic nitrogens is 1. The van der Waals surface area contributed by atoms with Crippen molar-refractivity contribution in [2.75, 3.05) is 12.4 Å². The molecular weight excluding hydrogens is 384 g/mol. The lowest BCUT2D eigenvalue weighted by Crippen LogP contribution is -2.19. The summed E-state index contributed by atoms with van der Waals surface area (Å²) in [6.07, 6.45) is 1.55. The van der Waals surface area contributed by atoms with E-state index >= 15 is 0 Å². The van der Waals surface area contributed by atoms with Crippen molar-refractivity contribution >= 4 is 23.2 Å². The van der Waals surface area contributed by atoms with Gasteiger partial charge in [-0.1, -0.05) is 53.8 Å². The topological polar surface area (TPSA) is 51.2 Å². The third kappa shape index (κ3) is 5.23. The van der Waals surface area contributed by atoms with E-state index in [1.807, 2.05) is 62.4 Å². The number of halogens is 1. The van der Waals surface area contributed by atoms with E-state index in [0.717, 1.165) is 16.7 Å². The Morgan fingerprint density at radius 2 is 1.79 bits per heavy atom. The van der Waals surface area contributed by atoms with Crippen molar-refractivity contribution in [1.82, 2.24) is 4.98 Å². The van der Waals surface area contributed by atoms with Gasteiger partial charge >= 0.3 is 0 Å². The van der Waals surface area contributed by atoms with E-state index in [1.54, 1.807) is 25.4 Å². The molecule has 5 heteroatoms. The van der Waals surface area contributed by atoms with Crippen molar-refractivity contribution in [3.63, 3.8) is 0 Å². The van der Waals surface area contributed by atoms with Crippen LogP contribution in [0.15, 0.2) is 66.9 Å². The van der Waals surface area contributed by atoms with Crippen molar-refractivity contribution in [1.29, 1.82) is 0 Å². The number of rotatable bonds is 4. The Balaban J connectivity index is 1.86. The molecule has 0 spiro atoms. The molecule has 3 rings (SSSR count). The van der Waals surface area contributed by atoms with Crippen LogP contribution in [0.4, 0.5) is 5.69 Å². The fraction of sp³-hybridized carbons (Fsp3) is 0.167. The fourth-order valence-electron chi connectivity index (χ4n) is 2.60. The monoisotopic (exact) mass is 404 g/mol. The van der Waals surface area contributed by atoms with Gasteiger partial charge in [0.2, 0.25) is 0 Å². The average molecular weight is 405 g/mol. The first-order valence-electron chi connectivity index (χ1n) is 9.09. The standard InChI is InChI=1S/C24H21ClN2O2/c1-24(2,29-3)15-14-17-10-12-18(13-11-17)19-7-4-5-9-21(19)27-23(28)20-8-6-16-26-22(20)25/h4-13,16H,1-3H3,(H,27,28). The van der Waals surface area contributed by atoms with Crippen LogP contribution in [-0.2, 0) is 4.74 Å². The SMILES string of the molecule is COC(C)(C)C#Cc1ccc(-c2ccccc2NC(=O)c2cccnc2Cl)cc1. The molecule has 1 N–H and O–H groups in total. The maximum Gasteiger partial charge on any atom is 0.258 e. The highest BCUT2D eigenvalue weighted by Gasteiger charge is 2.14. The number of pyridine rings is 1.